The molecule has 1 unspecified atom stereocenters. The first-order valence-electron chi connectivity index (χ1n) is 12.9. The molecule has 1 aromatic heterocycles. The number of benzene rings is 2. The first kappa shape index (κ1) is 23.6. The van der Waals surface area contributed by atoms with Gasteiger partial charge < -0.3 is 14.5 Å². The lowest BCUT2D eigenvalue weighted by Gasteiger charge is -2.39. The fraction of sp³-hybridized carbons (Fsp3) is 0.448. The van der Waals surface area contributed by atoms with Gasteiger partial charge in [-0.2, -0.15) is 0 Å². The second kappa shape index (κ2) is 10.6. The SMILES string of the molecule is CCCN(C(=O)CN1CCN(c2ccnc3ccccc23)CC1)C1CCc2ccc(OC)cc2C1. The minimum Gasteiger partial charge on any atom is -0.497 e. The Labute approximate surface area is 208 Å². The molecule has 3 aromatic rings. The van der Waals surface area contributed by atoms with Crippen LogP contribution in [-0.2, 0) is 17.6 Å². The number of carbonyl (C=O) groups excluding carboxylic acids is 1. The summed E-state index contributed by atoms with van der Waals surface area (Å²) >= 11 is 0. The molecule has 0 N–H and O–H groups in total. The molecule has 0 bridgehead atoms. The molecule has 2 heterocycles. The summed E-state index contributed by atoms with van der Waals surface area (Å²) in [5.41, 5.74) is 4.99. The number of aryl methyl sites for hydroxylation is 1. The Balaban J connectivity index is 1.21. The number of methoxy groups -OCH3 is 1. The van der Waals surface area contributed by atoms with Crippen LogP contribution in [0.15, 0.2) is 54.7 Å². The Hall–Kier alpha value is -3.12. The van der Waals surface area contributed by atoms with Gasteiger partial charge in [-0.05, 0) is 61.1 Å². The zero-order valence-electron chi connectivity index (χ0n) is 20.9. The second-order valence-electron chi connectivity index (χ2n) is 9.73. The van der Waals surface area contributed by atoms with Crippen LogP contribution < -0.4 is 9.64 Å². The van der Waals surface area contributed by atoms with E-state index in [0.717, 1.165) is 69.7 Å². The third kappa shape index (κ3) is 5.13. The van der Waals surface area contributed by atoms with Gasteiger partial charge in [0.05, 0.1) is 19.2 Å². The molecule has 1 amide bonds. The summed E-state index contributed by atoms with van der Waals surface area (Å²) in [6.07, 6.45) is 5.86. The average Bonchev–Trinajstić information content (AvgIpc) is 2.91. The summed E-state index contributed by atoms with van der Waals surface area (Å²) in [7, 11) is 1.71. The van der Waals surface area contributed by atoms with E-state index < -0.39 is 0 Å². The molecule has 6 heteroatoms. The lowest BCUT2D eigenvalue weighted by Crippen LogP contribution is -2.52. The largest absolute Gasteiger partial charge is 0.497 e. The quantitative estimate of drug-likeness (QED) is 0.517. The van der Waals surface area contributed by atoms with Crippen LogP contribution >= 0.6 is 0 Å². The lowest BCUT2D eigenvalue weighted by molar-refractivity contribution is -0.135. The minimum absolute atomic E-state index is 0.269. The van der Waals surface area contributed by atoms with Gasteiger partial charge in [0.15, 0.2) is 0 Å². The van der Waals surface area contributed by atoms with Gasteiger partial charge in [0.1, 0.15) is 5.75 Å². The highest BCUT2D eigenvalue weighted by molar-refractivity contribution is 5.91. The van der Waals surface area contributed by atoms with Gasteiger partial charge in [-0.15, -0.1) is 0 Å². The third-order valence-corrected chi connectivity index (χ3v) is 7.54. The molecule has 0 radical (unpaired) electrons. The first-order valence-corrected chi connectivity index (χ1v) is 12.9. The van der Waals surface area contributed by atoms with Crippen LogP contribution in [0.5, 0.6) is 5.75 Å². The minimum atomic E-state index is 0.269. The predicted molar refractivity (Wildman–Crippen MR) is 141 cm³/mol. The number of amides is 1. The van der Waals surface area contributed by atoms with Gasteiger partial charge in [0, 0.05) is 56.0 Å². The maximum Gasteiger partial charge on any atom is 0.237 e. The molecule has 1 fully saturated rings. The van der Waals surface area contributed by atoms with Crippen LogP contribution in [0.25, 0.3) is 10.9 Å². The van der Waals surface area contributed by atoms with Gasteiger partial charge in [-0.25, -0.2) is 0 Å². The van der Waals surface area contributed by atoms with Crippen LogP contribution in [0.1, 0.15) is 30.9 Å². The number of aromatic nitrogens is 1. The summed E-state index contributed by atoms with van der Waals surface area (Å²) in [4.78, 5) is 24.9. The van der Waals surface area contributed by atoms with Gasteiger partial charge in [0.2, 0.25) is 5.91 Å². The smallest absolute Gasteiger partial charge is 0.237 e. The number of carbonyl (C=O) groups is 1. The number of ether oxygens (including phenoxy) is 1. The molecular weight excluding hydrogens is 436 g/mol. The van der Waals surface area contributed by atoms with E-state index >= 15 is 0 Å². The molecule has 5 rings (SSSR count). The molecule has 1 aliphatic heterocycles. The Morgan fingerprint density at radius 3 is 2.71 bits per heavy atom. The molecule has 1 aliphatic carbocycles. The van der Waals surface area contributed by atoms with Crippen molar-refractivity contribution in [2.24, 2.45) is 0 Å². The van der Waals surface area contributed by atoms with Crippen molar-refractivity contribution in [1.82, 2.24) is 14.8 Å². The normalized spacial score (nSPS) is 18.3. The number of rotatable bonds is 7. The first-order chi connectivity index (χ1) is 17.2. The van der Waals surface area contributed by atoms with Crippen LogP contribution in [0, 0.1) is 0 Å². The zero-order chi connectivity index (χ0) is 24.2. The summed E-state index contributed by atoms with van der Waals surface area (Å²) in [6, 6.07) is 17.1. The number of hydrogen-bond donors (Lipinski definition) is 0. The average molecular weight is 473 g/mol. The fourth-order valence-corrected chi connectivity index (χ4v) is 5.64. The number of pyridine rings is 1. The molecule has 184 valence electrons. The Morgan fingerprint density at radius 1 is 1.09 bits per heavy atom. The fourth-order valence-electron chi connectivity index (χ4n) is 5.64. The second-order valence-corrected chi connectivity index (χ2v) is 9.73. The van der Waals surface area contributed by atoms with Crippen molar-refractivity contribution in [1.29, 1.82) is 0 Å². The van der Waals surface area contributed by atoms with Crippen LogP contribution in [-0.4, -0.2) is 73.1 Å². The van der Waals surface area contributed by atoms with E-state index in [2.05, 4.69) is 63.0 Å². The van der Waals surface area contributed by atoms with E-state index in [1.807, 2.05) is 18.3 Å². The molecule has 2 aliphatic rings. The predicted octanol–water partition coefficient (Wildman–Crippen LogP) is 4.16. The summed E-state index contributed by atoms with van der Waals surface area (Å²) in [6.45, 7) is 7.13. The summed E-state index contributed by atoms with van der Waals surface area (Å²) < 4.78 is 5.44. The molecule has 0 spiro atoms. The standard InChI is InChI=1S/C29H36N4O2/c1-3-14-33(24-10-8-22-9-11-25(35-2)20-23(22)19-24)29(34)21-31-15-17-32(18-16-31)28-12-13-30-27-7-5-4-6-26(27)28/h4-7,9,11-13,20,24H,3,8,10,14-19,21H2,1-2H3. The number of para-hydroxylation sites is 1. The highest BCUT2D eigenvalue weighted by atomic mass is 16.5. The van der Waals surface area contributed by atoms with E-state index in [1.54, 1.807) is 7.11 Å². The van der Waals surface area contributed by atoms with Crippen molar-refractivity contribution < 1.29 is 9.53 Å². The van der Waals surface area contributed by atoms with Crippen LogP contribution in [0.3, 0.4) is 0 Å². The molecule has 2 aromatic carbocycles. The van der Waals surface area contributed by atoms with Gasteiger partial charge in [-0.3, -0.25) is 14.7 Å². The topological polar surface area (TPSA) is 48.9 Å². The van der Waals surface area contributed by atoms with Crippen molar-refractivity contribution in [3.05, 3.63) is 65.9 Å². The van der Waals surface area contributed by atoms with Crippen molar-refractivity contribution in [3.8, 4) is 5.75 Å². The van der Waals surface area contributed by atoms with Crippen molar-refractivity contribution >= 4 is 22.5 Å². The summed E-state index contributed by atoms with van der Waals surface area (Å²) in [5, 5.41) is 1.20. The number of anilines is 1. The Kier molecular flexibility index (Phi) is 7.19. The number of hydrogen-bond acceptors (Lipinski definition) is 5. The molecule has 1 atom stereocenters. The molecule has 1 saturated heterocycles. The monoisotopic (exact) mass is 472 g/mol. The van der Waals surface area contributed by atoms with E-state index in [4.69, 9.17) is 4.74 Å². The molecular formula is C29H36N4O2. The maximum absolute atomic E-state index is 13.5. The maximum atomic E-state index is 13.5. The van der Waals surface area contributed by atoms with Crippen molar-refractivity contribution in [3.63, 3.8) is 0 Å². The van der Waals surface area contributed by atoms with Crippen molar-refractivity contribution in [2.75, 3.05) is 51.3 Å². The van der Waals surface area contributed by atoms with Crippen molar-refractivity contribution in [2.45, 2.75) is 38.6 Å². The number of piperazine rings is 1. The van der Waals surface area contributed by atoms with Gasteiger partial charge in [0.25, 0.3) is 0 Å². The Morgan fingerprint density at radius 2 is 1.91 bits per heavy atom. The van der Waals surface area contributed by atoms with E-state index in [-0.39, 0.29) is 11.9 Å². The van der Waals surface area contributed by atoms with E-state index in [1.165, 1.54) is 22.2 Å². The van der Waals surface area contributed by atoms with Crippen LogP contribution in [0.2, 0.25) is 0 Å². The lowest BCUT2D eigenvalue weighted by atomic mass is 9.87. The third-order valence-electron chi connectivity index (χ3n) is 7.54. The highest BCUT2D eigenvalue weighted by Gasteiger charge is 2.29. The number of fused-ring (bicyclic) bond motifs is 2. The molecule has 0 saturated carbocycles. The van der Waals surface area contributed by atoms with E-state index in [9.17, 15) is 4.79 Å². The van der Waals surface area contributed by atoms with E-state index in [0.29, 0.717) is 6.54 Å². The zero-order valence-corrected chi connectivity index (χ0v) is 20.9. The Bertz CT molecular complexity index is 1170. The van der Waals surface area contributed by atoms with Gasteiger partial charge in [-0.1, -0.05) is 31.2 Å². The highest BCUT2D eigenvalue weighted by Crippen LogP contribution is 2.29. The molecule has 6 nitrogen and oxygen atoms in total. The van der Waals surface area contributed by atoms with Crippen LogP contribution in [0.4, 0.5) is 5.69 Å². The summed E-state index contributed by atoms with van der Waals surface area (Å²) in [5.74, 6) is 1.17. The molecule has 35 heavy (non-hydrogen) atoms. The van der Waals surface area contributed by atoms with Gasteiger partial charge >= 0.3 is 0 Å². The number of nitrogens with zero attached hydrogens (tertiary/aromatic N) is 4.